The number of alkyl halides is 3. The second-order valence-electron chi connectivity index (χ2n) is 3.69. The van der Waals surface area contributed by atoms with E-state index in [1.54, 1.807) is 18.6 Å². The van der Waals surface area contributed by atoms with Gasteiger partial charge < -0.3 is 5.11 Å². The minimum atomic E-state index is -4.85. The Morgan fingerprint density at radius 2 is 2.00 bits per heavy atom. The third-order valence-electron chi connectivity index (χ3n) is 2.13. The number of rotatable bonds is 4. The number of aryl methyl sites for hydroxylation is 2. The normalized spacial score (nSPS) is 14.8. The van der Waals surface area contributed by atoms with Gasteiger partial charge in [0.05, 0.1) is 4.90 Å². The standard InChI is InChI=1S/C9H12F3NO3S2/c1-5-3-7(6(2)17-5)18(15,16)13-4-8(14)9(10,11)12/h3,8,13-14H,4H2,1-2H3/t8-/m1/s1. The van der Waals surface area contributed by atoms with E-state index < -0.39 is 28.8 Å². The molecule has 9 heteroatoms. The average molecular weight is 303 g/mol. The fraction of sp³-hybridized carbons (Fsp3) is 0.556. The zero-order chi connectivity index (χ0) is 14.1. The molecule has 1 aromatic rings. The number of halogens is 3. The zero-order valence-corrected chi connectivity index (χ0v) is 11.2. The molecule has 2 N–H and O–H groups in total. The Morgan fingerprint density at radius 1 is 1.44 bits per heavy atom. The molecule has 1 heterocycles. The summed E-state index contributed by atoms with van der Waals surface area (Å²) in [6.45, 7) is 2.16. The van der Waals surface area contributed by atoms with Crippen LogP contribution in [-0.2, 0) is 10.0 Å². The second kappa shape index (κ2) is 5.16. The molecule has 0 aromatic carbocycles. The van der Waals surface area contributed by atoms with Crippen LogP contribution < -0.4 is 4.72 Å². The number of aliphatic hydroxyl groups is 1. The van der Waals surface area contributed by atoms with Crippen LogP contribution in [0.4, 0.5) is 13.2 Å². The number of hydrogen-bond acceptors (Lipinski definition) is 4. The number of sulfonamides is 1. The molecule has 1 atom stereocenters. The smallest absolute Gasteiger partial charge is 0.382 e. The summed E-state index contributed by atoms with van der Waals surface area (Å²) in [5, 5.41) is 8.72. The predicted octanol–water partition coefficient (Wildman–Crippen LogP) is 1.57. The van der Waals surface area contributed by atoms with Crippen molar-refractivity contribution in [3.63, 3.8) is 0 Å². The van der Waals surface area contributed by atoms with Crippen LogP contribution in [0.25, 0.3) is 0 Å². The summed E-state index contributed by atoms with van der Waals surface area (Å²) in [6, 6.07) is 1.38. The largest absolute Gasteiger partial charge is 0.415 e. The molecule has 0 radical (unpaired) electrons. The van der Waals surface area contributed by atoms with Gasteiger partial charge in [0.2, 0.25) is 10.0 Å². The Morgan fingerprint density at radius 3 is 2.39 bits per heavy atom. The van der Waals surface area contributed by atoms with E-state index in [-0.39, 0.29) is 4.90 Å². The van der Waals surface area contributed by atoms with Crippen LogP contribution >= 0.6 is 11.3 Å². The van der Waals surface area contributed by atoms with E-state index in [1.807, 2.05) is 0 Å². The quantitative estimate of drug-likeness (QED) is 0.887. The summed E-state index contributed by atoms with van der Waals surface area (Å²) < 4.78 is 61.3. The van der Waals surface area contributed by atoms with Crippen molar-refractivity contribution in [1.82, 2.24) is 4.72 Å². The lowest BCUT2D eigenvalue weighted by molar-refractivity contribution is -0.200. The first kappa shape index (κ1) is 15.4. The van der Waals surface area contributed by atoms with Crippen LogP contribution in [0.2, 0.25) is 0 Å². The molecule has 1 aromatic heterocycles. The van der Waals surface area contributed by atoms with Crippen LogP contribution in [-0.4, -0.2) is 32.3 Å². The number of hydrogen-bond donors (Lipinski definition) is 2. The molecular weight excluding hydrogens is 291 g/mol. The van der Waals surface area contributed by atoms with Gasteiger partial charge in [-0.05, 0) is 19.9 Å². The maximum atomic E-state index is 12.0. The lowest BCUT2D eigenvalue weighted by Gasteiger charge is -2.15. The molecule has 18 heavy (non-hydrogen) atoms. The minimum absolute atomic E-state index is 0.0561. The lowest BCUT2D eigenvalue weighted by atomic mass is 10.4. The van der Waals surface area contributed by atoms with Crippen LogP contribution in [0.3, 0.4) is 0 Å². The molecule has 104 valence electrons. The van der Waals surface area contributed by atoms with E-state index in [4.69, 9.17) is 5.11 Å². The van der Waals surface area contributed by atoms with Crippen LogP contribution in [0, 0.1) is 13.8 Å². The number of thiophene rings is 1. The van der Waals surface area contributed by atoms with Crippen molar-refractivity contribution in [2.24, 2.45) is 0 Å². The van der Waals surface area contributed by atoms with Crippen LogP contribution in [0.15, 0.2) is 11.0 Å². The molecule has 0 spiro atoms. The molecule has 0 unspecified atom stereocenters. The van der Waals surface area contributed by atoms with Gasteiger partial charge in [0, 0.05) is 16.3 Å². The van der Waals surface area contributed by atoms with Gasteiger partial charge >= 0.3 is 6.18 Å². The van der Waals surface area contributed by atoms with E-state index in [0.29, 0.717) is 4.88 Å². The number of aliphatic hydroxyl groups excluding tert-OH is 1. The Kier molecular flexibility index (Phi) is 4.42. The van der Waals surface area contributed by atoms with Crippen molar-refractivity contribution in [3.8, 4) is 0 Å². The second-order valence-corrected chi connectivity index (χ2v) is 6.88. The molecule has 0 saturated carbocycles. The summed E-state index contributed by atoms with van der Waals surface area (Å²) in [7, 11) is -4.03. The maximum absolute atomic E-state index is 12.0. The maximum Gasteiger partial charge on any atom is 0.415 e. The Bertz CT molecular complexity index is 522. The van der Waals surface area contributed by atoms with Crippen molar-refractivity contribution in [2.75, 3.05) is 6.54 Å². The number of nitrogens with one attached hydrogen (secondary N) is 1. The van der Waals surface area contributed by atoms with Gasteiger partial charge in [-0.25, -0.2) is 13.1 Å². The van der Waals surface area contributed by atoms with E-state index in [0.717, 1.165) is 4.88 Å². The van der Waals surface area contributed by atoms with E-state index >= 15 is 0 Å². The highest BCUT2D eigenvalue weighted by Crippen LogP contribution is 2.25. The molecule has 0 aliphatic rings. The fourth-order valence-corrected chi connectivity index (χ4v) is 3.85. The van der Waals surface area contributed by atoms with Crippen molar-refractivity contribution in [1.29, 1.82) is 0 Å². The summed E-state index contributed by atoms with van der Waals surface area (Å²) in [5.74, 6) is 0. The first-order valence-corrected chi connectivity index (χ1v) is 7.15. The van der Waals surface area contributed by atoms with E-state index in [1.165, 1.54) is 17.4 Å². The Labute approximate surface area is 106 Å². The molecule has 0 bridgehead atoms. The topological polar surface area (TPSA) is 66.4 Å². The van der Waals surface area contributed by atoms with Crippen molar-refractivity contribution >= 4 is 21.4 Å². The fourth-order valence-electron chi connectivity index (χ4n) is 1.26. The van der Waals surface area contributed by atoms with E-state index in [9.17, 15) is 21.6 Å². The van der Waals surface area contributed by atoms with Gasteiger partial charge in [-0.2, -0.15) is 13.2 Å². The predicted molar refractivity (Wildman–Crippen MR) is 61.0 cm³/mol. The molecule has 0 saturated heterocycles. The highest BCUT2D eigenvalue weighted by atomic mass is 32.2. The lowest BCUT2D eigenvalue weighted by Crippen LogP contribution is -2.40. The molecule has 1 rings (SSSR count). The highest BCUT2D eigenvalue weighted by molar-refractivity contribution is 7.89. The Balaban J connectivity index is 2.81. The first-order chi connectivity index (χ1) is 8.04. The monoisotopic (exact) mass is 303 g/mol. The van der Waals surface area contributed by atoms with Gasteiger partial charge in [-0.3, -0.25) is 0 Å². The molecular formula is C9H12F3NO3S2. The van der Waals surface area contributed by atoms with Crippen molar-refractivity contribution in [3.05, 3.63) is 15.8 Å². The summed E-state index contributed by atoms with van der Waals surface area (Å²) in [5.41, 5.74) is 0. The van der Waals surface area contributed by atoms with Gasteiger partial charge in [0.25, 0.3) is 0 Å². The van der Waals surface area contributed by atoms with Gasteiger partial charge in [0.15, 0.2) is 6.10 Å². The Hall–Kier alpha value is -0.640. The SMILES string of the molecule is Cc1cc(S(=O)(=O)NC[C@@H](O)C(F)(F)F)c(C)s1. The van der Waals surface area contributed by atoms with Gasteiger partial charge in [0.1, 0.15) is 0 Å². The summed E-state index contributed by atoms with van der Waals surface area (Å²) >= 11 is 1.23. The molecule has 0 aliphatic heterocycles. The van der Waals surface area contributed by atoms with Crippen LogP contribution in [0.1, 0.15) is 9.75 Å². The van der Waals surface area contributed by atoms with E-state index in [2.05, 4.69) is 0 Å². The minimum Gasteiger partial charge on any atom is -0.382 e. The molecule has 4 nitrogen and oxygen atoms in total. The van der Waals surface area contributed by atoms with Crippen molar-refractivity contribution in [2.45, 2.75) is 31.0 Å². The third kappa shape index (κ3) is 3.67. The molecule has 0 aliphatic carbocycles. The van der Waals surface area contributed by atoms with Crippen LogP contribution in [0.5, 0.6) is 0 Å². The third-order valence-corrected chi connectivity index (χ3v) is 4.77. The summed E-state index contributed by atoms with van der Waals surface area (Å²) in [4.78, 5) is 1.17. The average Bonchev–Trinajstić information content (AvgIpc) is 2.53. The zero-order valence-electron chi connectivity index (χ0n) is 9.58. The molecule has 0 fully saturated rings. The van der Waals surface area contributed by atoms with Crippen molar-refractivity contribution < 1.29 is 26.7 Å². The highest BCUT2D eigenvalue weighted by Gasteiger charge is 2.38. The summed E-state index contributed by atoms with van der Waals surface area (Å²) in [6.07, 6.45) is -7.56. The van der Waals surface area contributed by atoms with Gasteiger partial charge in [-0.1, -0.05) is 0 Å². The van der Waals surface area contributed by atoms with Gasteiger partial charge in [-0.15, -0.1) is 11.3 Å². The first-order valence-electron chi connectivity index (χ1n) is 4.85. The molecule has 0 amide bonds.